The van der Waals surface area contributed by atoms with Gasteiger partial charge in [-0.25, -0.2) is 4.68 Å². The maximum atomic E-state index is 10.1. The quantitative estimate of drug-likeness (QED) is 0.849. The molecule has 0 radical (unpaired) electrons. The molecular weight excluding hydrogens is 262 g/mol. The number of aromatic nitrogens is 2. The SMILES string of the molecule is OC1CCCCCC1NCc1ccn(-c2ccccc2)n1. The van der Waals surface area contributed by atoms with Gasteiger partial charge in [0.2, 0.25) is 0 Å². The van der Waals surface area contributed by atoms with Gasteiger partial charge in [-0.1, -0.05) is 37.5 Å². The summed E-state index contributed by atoms with van der Waals surface area (Å²) >= 11 is 0. The van der Waals surface area contributed by atoms with Crippen LogP contribution in [0.25, 0.3) is 5.69 Å². The van der Waals surface area contributed by atoms with E-state index in [1.165, 1.54) is 12.8 Å². The van der Waals surface area contributed by atoms with Gasteiger partial charge >= 0.3 is 0 Å². The molecule has 112 valence electrons. The topological polar surface area (TPSA) is 50.1 Å². The van der Waals surface area contributed by atoms with E-state index in [0.717, 1.165) is 30.6 Å². The zero-order valence-electron chi connectivity index (χ0n) is 12.3. The molecule has 1 aromatic heterocycles. The predicted molar refractivity (Wildman–Crippen MR) is 83.3 cm³/mol. The van der Waals surface area contributed by atoms with Gasteiger partial charge in [-0.2, -0.15) is 5.10 Å². The van der Waals surface area contributed by atoms with Gasteiger partial charge in [0, 0.05) is 18.8 Å². The van der Waals surface area contributed by atoms with E-state index in [1.807, 2.05) is 47.3 Å². The molecule has 3 rings (SSSR count). The molecule has 1 saturated carbocycles. The van der Waals surface area contributed by atoms with Crippen LogP contribution in [0.2, 0.25) is 0 Å². The molecular formula is C17H23N3O. The Kier molecular flexibility index (Phi) is 4.68. The molecule has 1 fully saturated rings. The summed E-state index contributed by atoms with van der Waals surface area (Å²) in [6, 6.07) is 12.3. The van der Waals surface area contributed by atoms with E-state index >= 15 is 0 Å². The van der Waals surface area contributed by atoms with Crippen molar-refractivity contribution in [3.63, 3.8) is 0 Å². The summed E-state index contributed by atoms with van der Waals surface area (Å²) in [6.07, 6.45) is 7.31. The first kappa shape index (κ1) is 14.3. The smallest absolute Gasteiger partial charge is 0.0766 e. The minimum atomic E-state index is -0.219. The lowest BCUT2D eigenvalue weighted by molar-refractivity contribution is 0.119. The number of nitrogens with zero attached hydrogens (tertiary/aromatic N) is 2. The summed E-state index contributed by atoms with van der Waals surface area (Å²) in [5.41, 5.74) is 2.08. The fourth-order valence-electron chi connectivity index (χ4n) is 2.94. The number of benzene rings is 1. The van der Waals surface area contributed by atoms with Crippen LogP contribution < -0.4 is 5.32 Å². The average molecular weight is 285 g/mol. The lowest BCUT2D eigenvalue weighted by atomic mass is 10.1. The van der Waals surface area contributed by atoms with Crippen LogP contribution in [0.3, 0.4) is 0 Å². The third-order valence-electron chi connectivity index (χ3n) is 4.19. The first-order valence-electron chi connectivity index (χ1n) is 7.84. The molecule has 2 N–H and O–H groups in total. The monoisotopic (exact) mass is 285 g/mol. The standard InChI is InChI=1S/C17H23N3O/c21-17-10-6-2-5-9-16(17)18-13-14-11-12-20(19-14)15-7-3-1-4-8-15/h1,3-4,7-8,11-12,16-18,21H,2,5-6,9-10,13H2. The first-order valence-corrected chi connectivity index (χ1v) is 7.84. The van der Waals surface area contributed by atoms with Crippen molar-refractivity contribution in [3.05, 3.63) is 48.3 Å². The molecule has 21 heavy (non-hydrogen) atoms. The molecule has 4 nitrogen and oxygen atoms in total. The molecule has 1 aromatic carbocycles. The van der Waals surface area contributed by atoms with Crippen molar-refractivity contribution in [2.24, 2.45) is 0 Å². The van der Waals surface area contributed by atoms with Crippen molar-refractivity contribution >= 4 is 0 Å². The van der Waals surface area contributed by atoms with Crippen LogP contribution in [-0.4, -0.2) is 27.0 Å². The van der Waals surface area contributed by atoms with Gasteiger partial charge in [0.25, 0.3) is 0 Å². The first-order chi connectivity index (χ1) is 10.3. The second kappa shape index (κ2) is 6.87. The maximum Gasteiger partial charge on any atom is 0.0766 e. The third-order valence-corrected chi connectivity index (χ3v) is 4.19. The van der Waals surface area contributed by atoms with E-state index < -0.39 is 0 Å². The largest absolute Gasteiger partial charge is 0.392 e. The van der Waals surface area contributed by atoms with Gasteiger partial charge in [-0.15, -0.1) is 0 Å². The van der Waals surface area contributed by atoms with Gasteiger partial charge in [0.05, 0.1) is 17.5 Å². The summed E-state index contributed by atoms with van der Waals surface area (Å²) in [5.74, 6) is 0. The van der Waals surface area contributed by atoms with Crippen LogP contribution in [-0.2, 0) is 6.54 Å². The molecule has 0 saturated heterocycles. The van der Waals surface area contributed by atoms with Gasteiger partial charge in [-0.3, -0.25) is 0 Å². The highest BCUT2D eigenvalue weighted by molar-refractivity contribution is 5.30. The van der Waals surface area contributed by atoms with Crippen molar-refractivity contribution in [1.82, 2.24) is 15.1 Å². The molecule has 0 spiro atoms. The van der Waals surface area contributed by atoms with E-state index in [1.54, 1.807) is 0 Å². The molecule has 2 aromatic rings. The number of para-hydroxylation sites is 1. The lowest BCUT2D eigenvalue weighted by Crippen LogP contribution is -2.38. The number of rotatable bonds is 4. The minimum absolute atomic E-state index is 0.203. The normalized spacial score (nSPS) is 22.9. The summed E-state index contributed by atoms with van der Waals surface area (Å²) in [4.78, 5) is 0. The Morgan fingerprint density at radius 3 is 2.76 bits per heavy atom. The molecule has 1 aliphatic rings. The highest BCUT2D eigenvalue weighted by atomic mass is 16.3. The van der Waals surface area contributed by atoms with Gasteiger partial charge in [0.15, 0.2) is 0 Å². The second-order valence-corrected chi connectivity index (χ2v) is 5.78. The summed E-state index contributed by atoms with van der Waals surface area (Å²) < 4.78 is 1.89. The summed E-state index contributed by atoms with van der Waals surface area (Å²) in [6.45, 7) is 0.710. The van der Waals surface area contributed by atoms with E-state index in [9.17, 15) is 5.11 Å². The number of nitrogens with one attached hydrogen (secondary N) is 1. The molecule has 2 atom stereocenters. The Morgan fingerprint density at radius 1 is 1.10 bits per heavy atom. The highest BCUT2D eigenvalue weighted by Crippen LogP contribution is 2.18. The van der Waals surface area contributed by atoms with Crippen molar-refractivity contribution in [3.8, 4) is 5.69 Å². The van der Waals surface area contributed by atoms with Crippen molar-refractivity contribution < 1.29 is 5.11 Å². The maximum absolute atomic E-state index is 10.1. The van der Waals surface area contributed by atoms with E-state index in [4.69, 9.17) is 0 Å². The van der Waals surface area contributed by atoms with Crippen LogP contribution in [0.5, 0.6) is 0 Å². The van der Waals surface area contributed by atoms with Crippen LogP contribution in [0, 0.1) is 0 Å². The molecule has 1 aliphatic carbocycles. The number of aliphatic hydroxyl groups is 1. The highest BCUT2D eigenvalue weighted by Gasteiger charge is 2.21. The van der Waals surface area contributed by atoms with E-state index in [0.29, 0.717) is 6.54 Å². The van der Waals surface area contributed by atoms with Crippen LogP contribution in [0.1, 0.15) is 37.8 Å². The Bertz CT molecular complexity index is 552. The zero-order chi connectivity index (χ0) is 14.5. The Labute approximate surface area is 125 Å². The van der Waals surface area contributed by atoms with Crippen molar-refractivity contribution in [2.45, 2.75) is 50.8 Å². The number of hydrogen-bond donors (Lipinski definition) is 2. The Morgan fingerprint density at radius 2 is 1.90 bits per heavy atom. The van der Waals surface area contributed by atoms with Crippen molar-refractivity contribution in [1.29, 1.82) is 0 Å². The van der Waals surface area contributed by atoms with Crippen LogP contribution >= 0.6 is 0 Å². The van der Waals surface area contributed by atoms with E-state index in [2.05, 4.69) is 10.4 Å². The van der Waals surface area contributed by atoms with Crippen LogP contribution in [0.15, 0.2) is 42.6 Å². The molecule has 1 heterocycles. The Hall–Kier alpha value is -1.65. The van der Waals surface area contributed by atoms with Crippen molar-refractivity contribution in [2.75, 3.05) is 0 Å². The minimum Gasteiger partial charge on any atom is -0.392 e. The summed E-state index contributed by atoms with van der Waals surface area (Å²) in [5, 5.41) is 18.2. The van der Waals surface area contributed by atoms with Gasteiger partial charge in [0.1, 0.15) is 0 Å². The van der Waals surface area contributed by atoms with Crippen LogP contribution in [0.4, 0.5) is 0 Å². The van der Waals surface area contributed by atoms with E-state index in [-0.39, 0.29) is 12.1 Å². The predicted octanol–water partition coefficient (Wildman–Crippen LogP) is 2.66. The lowest BCUT2D eigenvalue weighted by Gasteiger charge is -2.21. The summed E-state index contributed by atoms with van der Waals surface area (Å²) in [7, 11) is 0. The Balaban J connectivity index is 1.60. The third kappa shape index (κ3) is 3.71. The number of aliphatic hydroxyl groups excluding tert-OH is 1. The second-order valence-electron chi connectivity index (χ2n) is 5.78. The van der Waals surface area contributed by atoms with Gasteiger partial charge < -0.3 is 10.4 Å². The fraction of sp³-hybridized carbons (Fsp3) is 0.471. The van der Waals surface area contributed by atoms with Gasteiger partial charge in [-0.05, 0) is 31.0 Å². The zero-order valence-corrected chi connectivity index (χ0v) is 12.3. The molecule has 0 bridgehead atoms. The average Bonchev–Trinajstić information content (AvgIpc) is 2.90. The molecule has 0 aliphatic heterocycles. The molecule has 0 amide bonds. The number of hydrogen-bond acceptors (Lipinski definition) is 3. The molecule has 4 heteroatoms. The molecule has 2 unspecified atom stereocenters. The fourth-order valence-corrected chi connectivity index (χ4v) is 2.94.